The van der Waals surface area contributed by atoms with Gasteiger partial charge in [0.2, 0.25) is 0 Å². The van der Waals surface area contributed by atoms with E-state index in [1.54, 1.807) is 38.1 Å². The number of rotatable bonds is 4. The van der Waals surface area contributed by atoms with Crippen LogP contribution < -0.4 is 11.2 Å². The Morgan fingerprint density at radius 2 is 1.87 bits per heavy atom. The first-order chi connectivity index (χ1) is 14.2. The maximum absolute atomic E-state index is 13.2. The van der Waals surface area contributed by atoms with Gasteiger partial charge in [-0.3, -0.25) is 13.9 Å². The topological polar surface area (TPSA) is 116 Å². The lowest BCUT2D eigenvalue weighted by Gasteiger charge is -2.25. The van der Waals surface area contributed by atoms with E-state index < -0.39 is 41.6 Å². The Hall–Kier alpha value is -2.48. The van der Waals surface area contributed by atoms with Crippen molar-refractivity contribution in [3.8, 4) is 6.07 Å². The van der Waals surface area contributed by atoms with Crippen molar-refractivity contribution < 1.29 is 19.3 Å². The molecule has 0 aliphatic carbocycles. The number of fused-ring (bicyclic) bond motifs is 1. The lowest BCUT2D eigenvalue weighted by molar-refractivity contribution is -0.200. The van der Waals surface area contributed by atoms with Gasteiger partial charge in [0.1, 0.15) is 29.9 Å². The molecule has 1 N–H and O–H groups in total. The third kappa shape index (κ3) is 3.57. The van der Waals surface area contributed by atoms with Crippen molar-refractivity contribution >= 4 is 11.6 Å². The highest BCUT2D eigenvalue weighted by Crippen LogP contribution is 2.42. The minimum absolute atomic E-state index is 0.0442. The molecule has 2 aliphatic rings. The second-order valence-electron chi connectivity index (χ2n) is 7.67. The number of benzene rings is 1. The molecule has 0 radical (unpaired) electrons. The van der Waals surface area contributed by atoms with Gasteiger partial charge in [-0.1, -0.05) is 23.7 Å². The lowest BCUT2D eigenvalue weighted by Crippen LogP contribution is -2.44. The average Bonchev–Trinajstić information content (AvgIpc) is 3.19. The number of aliphatic hydroxyl groups excluding tert-OH is 1. The molecule has 0 spiro atoms. The molecule has 30 heavy (non-hydrogen) atoms. The number of nitriles is 1. The quantitative estimate of drug-likeness (QED) is 0.764. The number of hydrogen-bond acceptors (Lipinski definition) is 7. The summed E-state index contributed by atoms with van der Waals surface area (Å²) in [4.78, 5) is 25.9. The van der Waals surface area contributed by atoms with Crippen LogP contribution in [0.2, 0.25) is 5.02 Å². The SMILES string of the molecule is CC1(C)OC2C(CO)OC(n3cc(C#N)c(=O)n(Cc4ccc(Cl)cc4)c3=O)C2O1. The first-order valence-electron chi connectivity index (χ1n) is 9.36. The van der Waals surface area contributed by atoms with Crippen molar-refractivity contribution in [2.45, 2.75) is 50.7 Å². The molecular weight excluding hydrogens is 414 g/mol. The third-order valence-corrected chi connectivity index (χ3v) is 5.40. The van der Waals surface area contributed by atoms with Crippen LogP contribution in [0.4, 0.5) is 0 Å². The molecule has 2 saturated heterocycles. The fraction of sp³-hybridized carbons (Fsp3) is 0.450. The van der Waals surface area contributed by atoms with Gasteiger partial charge in [-0.25, -0.2) is 4.79 Å². The second-order valence-corrected chi connectivity index (χ2v) is 8.11. The van der Waals surface area contributed by atoms with Crippen molar-refractivity contribution in [2.24, 2.45) is 0 Å². The van der Waals surface area contributed by atoms with Crippen molar-refractivity contribution in [3.05, 3.63) is 67.4 Å². The number of nitrogens with zero attached hydrogens (tertiary/aromatic N) is 3. The zero-order valence-corrected chi connectivity index (χ0v) is 17.1. The maximum Gasteiger partial charge on any atom is 0.333 e. The summed E-state index contributed by atoms with van der Waals surface area (Å²) in [6, 6.07) is 8.52. The second kappa shape index (κ2) is 7.65. The molecule has 158 valence electrons. The van der Waals surface area contributed by atoms with Gasteiger partial charge in [0.25, 0.3) is 5.56 Å². The standard InChI is InChI=1S/C20H20ClN3O6/c1-20(2)29-15-14(10-25)28-18(16(15)30-20)24-9-12(7-22)17(26)23(19(24)27)8-11-3-5-13(21)6-4-11/h3-6,9,14-16,18,25H,8,10H2,1-2H3. The van der Waals surface area contributed by atoms with Crippen LogP contribution in [0.15, 0.2) is 40.1 Å². The highest BCUT2D eigenvalue weighted by Gasteiger charge is 2.56. The predicted molar refractivity (Wildman–Crippen MR) is 105 cm³/mol. The van der Waals surface area contributed by atoms with Gasteiger partial charge in [0.05, 0.1) is 13.2 Å². The molecule has 3 heterocycles. The van der Waals surface area contributed by atoms with Gasteiger partial charge in [-0.05, 0) is 31.5 Å². The summed E-state index contributed by atoms with van der Waals surface area (Å²) < 4.78 is 19.7. The van der Waals surface area contributed by atoms with Crippen molar-refractivity contribution in [3.63, 3.8) is 0 Å². The van der Waals surface area contributed by atoms with Gasteiger partial charge in [0.15, 0.2) is 12.0 Å². The maximum atomic E-state index is 13.2. The molecule has 1 aromatic heterocycles. The van der Waals surface area contributed by atoms with Crippen LogP contribution in [0.25, 0.3) is 0 Å². The van der Waals surface area contributed by atoms with E-state index in [4.69, 9.17) is 25.8 Å². The molecule has 0 saturated carbocycles. The fourth-order valence-corrected chi connectivity index (χ4v) is 3.95. The van der Waals surface area contributed by atoms with Crippen LogP contribution in [0.3, 0.4) is 0 Å². The Labute approximate surface area is 176 Å². The van der Waals surface area contributed by atoms with Gasteiger partial charge in [-0.2, -0.15) is 5.26 Å². The van der Waals surface area contributed by atoms with E-state index in [1.807, 2.05) is 6.07 Å². The Morgan fingerprint density at radius 3 is 2.50 bits per heavy atom. The Morgan fingerprint density at radius 1 is 1.20 bits per heavy atom. The van der Waals surface area contributed by atoms with Crippen LogP contribution in [-0.4, -0.2) is 44.9 Å². The Kier molecular flexibility index (Phi) is 5.30. The van der Waals surface area contributed by atoms with E-state index in [1.165, 1.54) is 6.20 Å². The molecule has 4 atom stereocenters. The summed E-state index contributed by atoms with van der Waals surface area (Å²) in [5.41, 5.74) is -0.912. The molecule has 4 rings (SSSR count). The van der Waals surface area contributed by atoms with E-state index in [2.05, 4.69) is 0 Å². The molecule has 2 aromatic rings. The molecule has 1 aromatic carbocycles. The zero-order valence-electron chi connectivity index (χ0n) is 16.3. The smallest absolute Gasteiger partial charge is 0.333 e. The monoisotopic (exact) mass is 433 g/mol. The number of hydrogen-bond donors (Lipinski definition) is 1. The molecule has 0 amide bonds. The van der Waals surface area contributed by atoms with E-state index in [9.17, 15) is 20.0 Å². The highest BCUT2D eigenvalue weighted by atomic mass is 35.5. The van der Waals surface area contributed by atoms with Crippen molar-refractivity contribution in [1.82, 2.24) is 9.13 Å². The fourth-order valence-electron chi connectivity index (χ4n) is 3.82. The molecule has 9 nitrogen and oxygen atoms in total. The first-order valence-corrected chi connectivity index (χ1v) is 9.74. The minimum atomic E-state index is -0.967. The third-order valence-electron chi connectivity index (χ3n) is 5.15. The number of aliphatic hydroxyl groups is 1. The zero-order chi connectivity index (χ0) is 21.6. The van der Waals surface area contributed by atoms with Crippen molar-refractivity contribution in [2.75, 3.05) is 6.61 Å². The summed E-state index contributed by atoms with van der Waals surface area (Å²) in [5.74, 6) is -0.926. The molecule has 2 aliphatic heterocycles. The predicted octanol–water partition coefficient (Wildman–Crippen LogP) is 0.993. The molecule has 2 fully saturated rings. The molecule has 0 bridgehead atoms. The number of ether oxygens (including phenoxy) is 3. The van der Waals surface area contributed by atoms with Crippen molar-refractivity contribution in [1.29, 1.82) is 5.26 Å². The van der Waals surface area contributed by atoms with Crippen LogP contribution in [0.1, 0.15) is 31.2 Å². The summed E-state index contributed by atoms with van der Waals surface area (Å²) >= 11 is 5.90. The van der Waals surface area contributed by atoms with E-state index in [0.29, 0.717) is 10.6 Å². The normalized spacial score (nSPS) is 27.0. The van der Waals surface area contributed by atoms with Gasteiger partial charge in [0, 0.05) is 11.2 Å². The van der Waals surface area contributed by atoms with E-state index in [0.717, 1.165) is 9.13 Å². The van der Waals surface area contributed by atoms with Gasteiger partial charge < -0.3 is 19.3 Å². The first kappa shape index (κ1) is 20.8. The van der Waals surface area contributed by atoms with Crippen LogP contribution in [-0.2, 0) is 20.8 Å². The summed E-state index contributed by atoms with van der Waals surface area (Å²) in [7, 11) is 0. The molecule has 4 unspecified atom stereocenters. The summed E-state index contributed by atoms with van der Waals surface area (Å²) in [6.07, 6.45) is -1.80. The highest BCUT2D eigenvalue weighted by molar-refractivity contribution is 6.30. The Balaban J connectivity index is 1.79. The number of halogens is 1. The minimum Gasteiger partial charge on any atom is -0.394 e. The molecular formula is C20H20ClN3O6. The van der Waals surface area contributed by atoms with Gasteiger partial charge in [-0.15, -0.1) is 0 Å². The van der Waals surface area contributed by atoms with Crippen LogP contribution >= 0.6 is 11.6 Å². The van der Waals surface area contributed by atoms with E-state index >= 15 is 0 Å². The summed E-state index contributed by atoms with van der Waals surface area (Å²) in [5, 5.41) is 19.6. The van der Waals surface area contributed by atoms with Crippen LogP contribution in [0, 0.1) is 11.3 Å². The number of aromatic nitrogens is 2. The Bertz CT molecular complexity index is 1120. The lowest BCUT2D eigenvalue weighted by atomic mass is 10.1. The summed E-state index contributed by atoms with van der Waals surface area (Å²) in [6.45, 7) is 3.07. The largest absolute Gasteiger partial charge is 0.394 e. The average molecular weight is 434 g/mol. The van der Waals surface area contributed by atoms with E-state index in [-0.39, 0.29) is 18.7 Å². The van der Waals surface area contributed by atoms with Crippen LogP contribution in [0.5, 0.6) is 0 Å². The van der Waals surface area contributed by atoms with Gasteiger partial charge >= 0.3 is 5.69 Å². The molecule has 10 heteroatoms.